The zero-order chi connectivity index (χ0) is 20.1. The molecule has 1 aliphatic rings. The van der Waals surface area contributed by atoms with Crippen molar-refractivity contribution in [1.82, 2.24) is 20.1 Å². The van der Waals surface area contributed by atoms with Gasteiger partial charge in [-0.3, -0.25) is 9.89 Å². The second-order valence-electron chi connectivity index (χ2n) is 8.52. The fourth-order valence-electron chi connectivity index (χ4n) is 3.41. The maximum absolute atomic E-state index is 5.87. The van der Waals surface area contributed by atoms with E-state index in [1.54, 1.807) is 0 Å². The van der Waals surface area contributed by atoms with E-state index in [9.17, 15) is 0 Å². The highest BCUT2D eigenvalue weighted by atomic mass is 127. The van der Waals surface area contributed by atoms with Crippen molar-refractivity contribution in [3.8, 4) is 0 Å². The van der Waals surface area contributed by atoms with Crippen molar-refractivity contribution >= 4 is 29.9 Å². The van der Waals surface area contributed by atoms with E-state index < -0.39 is 0 Å². The third-order valence-electron chi connectivity index (χ3n) is 5.06. The summed E-state index contributed by atoms with van der Waals surface area (Å²) >= 11 is 0. The number of aliphatic imine (C=N–C) groups is 1. The van der Waals surface area contributed by atoms with Crippen LogP contribution < -0.4 is 5.32 Å². The standard InChI is InChI=1S/C22H33N5O.HI/c1-17-7-6-8-18(13-17)16-26-9-11-27(12-10-26)21(23-5)25-15-20-24-14-19(28-20)22(2,3)4;/h6-8,13-14H,9-12,15-16H2,1-5H3,(H,23,25);1H. The number of hydrogen-bond acceptors (Lipinski definition) is 4. The molecule has 0 unspecified atom stereocenters. The number of aryl methyl sites for hydroxylation is 1. The van der Waals surface area contributed by atoms with Gasteiger partial charge in [0.25, 0.3) is 0 Å². The van der Waals surface area contributed by atoms with Gasteiger partial charge in [0.1, 0.15) is 5.76 Å². The Morgan fingerprint density at radius 3 is 2.52 bits per heavy atom. The van der Waals surface area contributed by atoms with E-state index in [2.05, 4.69) is 77.1 Å². The quantitative estimate of drug-likeness (QED) is 0.385. The van der Waals surface area contributed by atoms with Crippen LogP contribution in [0.1, 0.15) is 43.5 Å². The Morgan fingerprint density at radius 2 is 1.93 bits per heavy atom. The van der Waals surface area contributed by atoms with E-state index in [0.29, 0.717) is 12.4 Å². The molecule has 1 aromatic heterocycles. The number of piperazine rings is 1. The minimum atomic E-state index is -0.0272. The molecule has 0 saturated carbocycles. The van der Waals surface area contributed by atoms with Gasteiger partial charge in [0, 0.05) is 45.2 Å². The fraction of sp³-hybridized carbons (Fsp3) is 0.545. The van der Waals surface area contributed by atoms with Gasteiger partial charge in [-0.1, -0.05) is 50.6 Å². The molecule has 1 aliphatic heterocycles. The van der Waals surface area contributed by atoms with Gasteiger partial charge in [-0.15, -0.1) is 24.0 Å². The zero-order valence-electron chi connectivity index (χ0n) is 18.2. The number of benzene rings is 1. The maximum atomic E-state index is 5.87. The van der Waals surface area contributed by atoms with Crippen molar-refractivity contribution in [2.75, 3.05) is 33.2 Å². The number of rotatable bonds is 4. The first kappa shape index (κ1) is 23.7. The summed E-state index contributed by atoms with van der Waals surface area (Å²) in [5.74, 6) is 2.51. The minimum absolute atomic E-state index is 0. The average molecular weight is 511 g/mol. The Morgan fingerprint density at radius 1 is 1.21 bits per heavy atom. The molecule has 1 saturated heterocycles. The third-order valence-corrected chi connectivity index (χ3v) is 5.06. The van der Waals surface area contributed by atoms with Crippen LogP contribution >= 0.6 is 24.0 Å². The Hall–Kier alpha value is -1.61. The Labute approximate surface area is 191 Å². The summed E-state index contributed by atoms with van der Waals surface area (Å²) in [6, 6.07) is 8.77. The SMILES string of the molecule is CN=C(NCc1ncc(C(C)(C)C)o1)N1CCN(Cc2cccc(C)c2)CC1.I. The maximum Gasteiger partial charge on any atom is 0.213 e. The molecule has 1 fully saturated rings. The van der Waals surface area contributed by atoms with Gasteiger partial charge in [0.15, 0.2) is 5.96 Å². The van der Waals surface area contributed by atoms with Gasteiger partial charge in [-0.05, 0) is 12.5 Å². The molecule has 0 atom stereocenters. The highest BCUT2D eigenvalue weighted by Gasteiger charge is 2.21. The topological polar surface area (TPSA) is 56.9 Å². The van der Waals surface area contributed by atoms with Crippen molar-refractivity contribution in [1.29, 1.82) is 0 Å². The Bertz CT molecular complexity index is 804. The molecular formula is C22H34IN5O. The predicted octanol–water partition coefficient (Wildman–Crippen LogP) is 3.79. The highest BCUT2D eigenvalue weighted by molar-refractivity contribution is 14.0. The molecule has 0 bridgehead atoms. The van der Waals surface area contributed by atoms with Crippen LogP contribution in [0.5, 0.6) is 0 Å². The normalized spacial score (nSPS) is 15.9. The first-order chi connectivity index (χ1) is 13.3. The van der Waals surface area contributed by atoms with E-state index in [1.807, 2.05) is 13.2 Å². The van der Waals surface area contributed by atoms with Gasteiger partial charge >= 0.3 is 0 Å². The summed E-state index contributed by atoms with van der Waals surface area (Å²) in [6.07, 6.45) is 1.82. The van der Waals surface area contributed by atoms with Crippen molar-refractivity contribution in [3.05, 3.63) is 53.2 Å². The molecule has 1 N–H and O–H groups in total. The van der Waals surface area contributed by atoms with Crippen LogP contribution in [0.15, 0.2) is 39.9 Å². The lowest BCUT2D eigenvalue weighted by Crippen LogP contribution is -2.52. The summed E-state index contributed by atoms with van der Waals surface area (Å²) in [4.78, 5) is 13.6. The minimum Gasteiger partial charge on any atom is -0.443 e. The second kappa shape index (κ2) is 10.4. The monoisotopic (exact) mass is 511 g/mol. The van der Waals surface area contributed by atoms with Gasteiger partial charge in [-0.25, -0.2) is 4.98 Å². The molecule has 6 nitrogen and oxygen atoms in total. The number of nitrogens with one attached hydrogen (secondary N) is 1. The Kier molecular flexibility index (Phi) is 8.51. The van der Waals surface area contributed by atoms with Crippen LogP contribution in [-0.2, 0) is 18.5 Å². The molecule has 1 aromatic carbocycles. The van der Waals surface area contributed by atoms with Gasteiger partial charge in [0.05, 0.1) is 12.7 Å². The van der Waals surface area contributed by atoms with Crippen molar-refractivity contribution < 1.29 is 4.42 Å². The summed E-state index contributed by atoms with van der Waals surface area (Å²) in [5, 5.41) is 3.39. The fourth-order valence-corrected chi connectivity index (χ4v) is 3.41. The number of aromatic nitrogens is 1. The lowest BCUT2D eigenvalue weighted by molar-refractivity contribution is 0.172. The molecule has 2 aromatic rings. The first-order valence-corrected chi connectivity index (χ1v) is 10.0. The summed E-state index contributed by atoms with van der Waals surface area (Å²) in [7, 11) is 1.83. The summed E-state index contributed by atoms with van der Waals surface area (Å²) in [5.41, 5.74) is 2.68. The second-order valence-corrected chi connectivity index (χ2v) is 8.52. The van der Waals surface area contributed by atoms with Crippen LogP contribution in [0.4, 0.5) is 0 Å². The lowest BCUT2D eigenvalue weighted by Gasteiger charge is -2.36. The molecule has 0 radical (unpaired) electrons. The van der Waals surface area contributed by atoms with Gasteiger partial charge < -0.3 is 14.6 Å². The number of oxazole rings is 1. The molecular weight excluding hydrogens is 477 g/mol. The number of hydrogen-bond donors (Lipinski definition) is 1. The smallest absolute Gasteiger partial charge is 0.213 e. The van der Waals surface area contributed by atoms with Gasteiger partial charge in [0.2, 0.25) is 5.89 Å². The average Bonchev–Trinajstić information content (AvgIpc) is 3.13. The molecule has 0 aliphatic carbocycles. The van der Waals surface area contributed by atoms with Crippen molar-refractivity contribution in [2.45, 2.75) is 46.2 Å². The first-order valence-electron chi connectivity index (χ1n) is 10.0. The van der Waals surface area contributed by atoms with Crippen LogP contribution in [0.25, 0.3) is 0 Å². The van der Waals surface area contributed by atoms with Gasteiger partial charge in [-0.2, -0.15) is 0 Å². The zero-order valence-corrected chi connectivity index (χ0v) is 20.6. The van der Waals surface area contributed by atoms with E-state index >= 15 is 0 Å². The Balaban J connectivity index is 0.00000300. The molecule has 3 rings (SSSR count). The summed E-state index contributed by atoms with van der Waals surface area (Å²) in [6.45, 7) is 14.1. The van der Waals surface area contributed by atoms with E-state index in [0.717, 1.165) is 44.4 Å². The van der Waals surface area contributed by atoms with E-state index in [4.69, 9.17) is 4.42 Å². The number of halogens is 1. The number of nitrogens with zero attached hydrogens (tertiary/aromatic N) is 4. The lowest BCUT2D eigenvalue weighted by atomic mass is 9.94. The van der Waals surface area contributed by atoms with E-state index in [1.165, 1.54) is 11.1 Å². The summed E-state index contributed by atoms with van der Waals surface area (Å²) < 4.78 is 5.87. The third kappa shape index (κ3) is 6.70. The van der Waals surface area contributed by atoms with Crippen LogP contribution in [0, 0.1) is 6.92 Å². The number of guanidine groups is 1. The molecule has 160 valence electrons. The largest absolute Gasteiger partial charge is 0.443 e. The van der Waals surface area contributed by atoms with Crippen LogP contribution in [-0.4, -0.2) is 54.0 Å². The van der Waals surface area contributed by atoms with Crippen LogP contribution in [0.3, 0.4) is 0 Å². The van der Waals surface area contributed by atoms with E-state index in [-0.39, 0.29) is 29.4 Å². The highest BCUT2D eigenvalue weighted by Crippen LogP contribution is 2.22. The molecule has 29 heavy (non-hydrogen) atoms. The molecule has 2 heterocycles. The molecule has 7 heteroatoms. The van der Waals surface area contributed by atoms with Crippen LogP contribution in [0.2, 0.25) is 0 Å². The van der Waals surface area contributed by atoms with Crippen molar-refractivity contribution in [2.24, 2.45) is 4.99 Å². The van der Waals surface area contributed by atoms with Crippen molar-refractivity contribution in [3.63, 3.8) is 0 Å². The molecule has 0 amide bonds. The molecule has 0 spiro atoms. The predicted molar refractivity (Wildman–Crippen MR) is 129 cm³/mol.